The Bertz CT molecular complexity index is 351. The van der Waals surface area contributed by atoms with Crippen LogP contribution in [0.1, 0.15) is 26.0 Å². The summed E-state index contributed by atoms with van der Waals surface area (Å²) in [5.41, 5.74) is 0. The standard InChI is InChI=1S/C15H26N2O2/c1-13(2)10-16-6-7-17(14(11-16)5-8-18)12-15-4-3-9-19-15/h3-4,9,13-14,18H,5-8,10-12H2,1-2H3/t14-/m0/s1. The van der Waals surface area contributed by atoms with E-state index in [1.807, 2.05) is 12.1 Å². The molecule has 0 radical (unpaired) electrons. The van der Waals surface area contributed by atoms with E-state index >= 15 is 0 Å². The Kier molecular flexibility index (Phi) is 5.43. The molecule has 1 saturated heterocycles. The van der Waals surface area contributed by atoms with Crippen LogP contribution >= 0.6 is 0 Å². The third kappa shape index (κ3) is 4.34. The Hall–Kier alpha value is -0.840. The maximum atomic E-state index is 9.26. The van der Waals surface area contributed by atoms with E-state index in [9.17, 15) is 5.11 Å². The summed E-state index contributed by atoms with van der Waals surface area (Å²) < 4.78 is 5.44. The minimum atomic E-state index is 0.259. The number of aliphatic hydroxyl groups excluding tert-OH is 1. The smallest absolute Gasteiger partial charge is 0.117 e. The van der Waals surface area contributed by atoms with Gasteiger partial charge < -0.3 is 14.4 Å². The zero-order chi connectivity index (χ0) is 13.7. The minimum Gasteiger partial charge on any atom is -0.468 e. The van der Waals surface area contributed by atoms with E-state index in [0.29, 0.717) is 12.0 Å². The molecule has 0 amide bonds. The van der Waals surface area contributed by atoms with E-state index in [-0.39, 0.29) is 6.61 Å². The van der Waals surface area contributed by atoms with E-state index in [4.69, 9.17) is 4.42 Å². The second-order valence-electron chi connectivity index (χ2n) is 5.87. The highest BCUT2D eigenvalue weighted by Crippen LogP contribution is 2.17. The monoisotopic (exact) mass is 266 g/mol. The van der Waals surface area contributed by atoms with Gasteiger partial charge in [-0.25, -0.2) is 0 Å². The van der Waals surface area contributed by atoms with Crippen LogP contribution in [0.3, 0.4) is 0 Å². The highest BCUT2D eigenvalue weighted by Gasteiger charge is 2.27. The van der Waals surface area contributed by atoms with E-state index < -0.39 is 0 Å². The summed E-state index contributed by atoms with van der Waals surface area (Å²) in [7, 11) is 0. The molecule has 0 spiro atoms. The van der Waals surface area contributed by atoms with Gasteiger partial charge in [0.15, 0.2) is 0 Å². The molecule has 1 atom stereocenters. The quantitative estimate of drug-likeness (QED) is 0.852. The molecular formula is C15H26N2O2. The Labute approximate surface area is 116 Å². The topological polar surface area (TPSA) is 39.9 Å². The molecule has 1 aliphatic rings. The summed E-state index contributed by atoms with van der Waals surface area (Å²) >= 11 is 0. The van der Waals surface area contributed by atoms with Crippen molar-refractivity contribution in [2.45, 2.75) is 32.9 Å². The summed E-state index contributed by atoms with van der Waals surface area (Å²) in [5.74, 6) is 1.71. The molecule has 2 heterocycles. The fraction of sp³-hybridized carbons (Fsp3) is 0.733. The molecule has 4 heteroatoms. The van der Waals surface area contributed by atoms with Crippen LogP contribution in [-0.4, -0.2) is 53.7 Å². The molecule has 0 unspecified atom stereocenters. The lowest BCUT2D eigenvalue weighted by Gasteiger charge is -2.41. The van der Waals surface area contributed by atoms with Crippen LogP contribution in [0.15, 0.2) is 22.8 Å². The lowest BCUT2D eigenvalue weighted by atomic mass is 10.1. The summed E-state index contributed by atoms with van der Waals surface area (Å²) in [5, 5.41) is 9.26. The second-order valence-corrected chi connectivity index (χ2v) is 5.87. The molecule has 1 aromatic heterocycles. The second kappa shape index (κ2) is 7.08. The van der Waals surface area contributed by atoms with Gasteiger partial charge in [0.25, 0.3) is 0 Å². The lowest BCUT2D eigenvalue weighted by molar-refractivity contribution is 0.0441. The van der Waals surface area contributed by atoms with Gasteiger partial charge in [-0.1, -0.05) is 13.8 Å². The van der Waals surface area contributed by atoms with Crippen molar-refractivity contribution in [3.05, 3.63) is 24.2 Å². The molecule has 2 rings (SSSR count). The first kappa shape index (κ1) is 14.6. The summed E-state index contributed by atoms with van der Waals surface area (Å²) in [6.07, 6.45) is 2.57. The summed E-state index contributed by atoms with van der Waals surface area (Å²) in [6.45, 7) is 10.0. The van der Waals surface area contributed by atoms with Gasteiger partial charge in [0.1, 0.15) is 5.76 Å². The van der Waals surface area contributed by atoms with E-state index in [0.717, 1.165) is 44.9 Å². The number of piperazine rings is 1. The van der Waals surface area contributed by atoms with Gasteiger partial charge in [-0.05, 0) is 24.5 Å². The SMILES string of the molecule is CC(C)CN1CCN(Cc2ccco2)[C@@H](CCO)C1. The number of hydrogen-bond acceptors (Lipinski definition) is 4. The fourth-order valence-corrected chi connectivity index (χ4v) is 2.87. The van der Waals surface area contributed by atoms with Crippen LogP contribution in [0.2, 0.25) is 0 Å². The van der Waals surface area contributed by atoms with E-state index in [2.05, 4.69) is 23.6 Å². The van der Waals surface area contributed by atoms with E-state index in [1.54, 1.807) is 6.26 Å². The van der Waals surface area contributed by atoms with Crippen LogP contribution in [0.5, 0.6) is 0 Å². The van der Waals surface area contributed by atoms with Crippen molar-refractivity contribution in [2.75, 3.05) is 32.8 Å². The number of nitrogens with zero attached hydrogens (tertiary/aromatic N) is 2. The molecule has 0 aliphatic carbocycles. The lowest BCUT2D eigenvalue weighted by Crippen LogP contribution is -2.53. The third-order valence-corrected chi connectivity index (χ3v) is 3.71. The van der Waals surface area contributed by atoms with Gasteiger partial charge in [0.2, 0.25) is 0 Å². The molecule has 1 aliphatic heterocycles. The van der Waals surface area contributed by atoms with Crippen molar-refractivity contribution in [2.24, 2.45) is 5.92 Å². The zero-order valence-corrected chi connectivity index (χ0v) is 12.1. The van der Waals surface area contributed by atoms with Gasteiger partial charge in [-0.2, -0.15) is 0 Å². The number of hydrogen-bond donors (Lipinski definition) is 1. The first-order chi connectivity index (χ1) is 9.19. The Balaban J connectivity index is 1.92. The number of rotatable bonds is 6. The molecule has 19 heavy (non-hydrogen) atoms. The molecule has 0 aromatic carbocycles. The number of aliphatic hydroxyl groups is 1. The normalized spacial score (nSPS) is 22.2. The molecular weight excluding hydrogens is 240 g/mol. The molecule has 0 saturated carbocycles. The van der Waals surface area contributed by atoms with Gasteiger partial charge in [-0.3, -0.25) is 4.90 Å². The Morgan fingerprint density at radius 3 is 2.89 bits per heavy atom. The average Bonchev–Trinajstić information content (AvgIpc) is 2.85. The number of furan rings is 1. The van der Waals surface area contributed by atoms with Crippen molar-refractivity contribution in [3.8, 4) is 0 Å². The fourth-order valence-electron chi connectivity index (χ4n) is 2.87. The molecule has 108 valence electrons. The Morgan fingerprint density at radius 1 is 1.42 bits per heavy atom. The van der Waals surface area contributed by atoms with Gasteiger partial charge in [0.05, 0.1) is 12.8 Å². The van der Waals surface area contributed by atoms with Crippen LogP contribution < -0.4 is 0 Å². The van der Waals surface area contributed by atoms with E-state index in [1.165, 1.54) is 0 Å². The van der Waals surface area contributed by atoms with Crippen LogP contribution in [0.4, 0.5) is 0 Å². The van der Waals surface area contributed by atoms with Crippen molar-refractivity contribution in [1.82, 2.24) is 9.80 Å². The van der Waals surface area contributed by atoms with Crippen LogP contribution in [0, 0.1) is 5.92 Å². The van der Waals surface area contributed by atoms with Crippen LogP contribution in [0.25, 0.3) is 0 Å². The predicted molar refractivity (Wildman–Crippen MR) is 75.9 cm³/mol. The largest absolute Gasteiger partial charge is 0.468 e. The molecule has 1 N–H and O–H groups in total. The van der Waals surface area contributed by atoms with Crippen molar-refractivity contribution in [3.63, 3.8) is 0 Å². The third-order valence-electron chi connectivity index (χ3n) is 3.71. The van der Waals surface area contributed by atoms with Crippen LogP contribution in [-0.2, 0) is 6.54 Å². The van der Waals surface area contributed by atoms with Gasteiger partial charge in [-0.15, -0.1) is 0 Å². The summed E-state index contributed by atoms with van der Waals surface area (Å²) in [4.78, 5) is 4.95. The van der Waals surface area contributed by atoms with Crippen molar-refractivity contribution < 1.29 is 9.52 Å². The summed E-state index contributed by atoms with van der Waals surface area (Å²) in [6, 6.07) is 4.39. The minimum absolute atomic E-state index is 0.259. The highest BCUT2D eigenvalue weighted by molar-refractivity contribution is 4.99. The first-order valence-corrected chi connectivity index (χ1v) is 7.28. The van der Waals surface area contributed by atoms with Crippen molar-refractivity contribution >= 4 is 0 Å². The Morgan fingerprint density at radius 2 is 2.26 bits per heavy atom. The molecule has 1 aromatic rings. The first-order valence-electron chi connectivity index (χ1n) is 7.28. The molecule has 4 nitrogen and oxygen atoms in total. The molecule has 0 bridgehead atoms. The molecule has 1 fully saturated rings. The van der Waals surface area contributed by atoms with Gasteiger partial charge in [0, 0.05) is 38.8 Å². The maximum absolute atomic E-state index is 9.26. The zero-order valence-electron chi connectivity index (χ0n) is 12.1. The predicted octanol–water partition coefficient (Wildman–Crippen LogP) is 1.80. The maximum Gasteiger partial charge on any atom is 0.117 e. The highest BCUT2D eigenvalue weighted by atomic mass is 16.3. The average molecular weight is 266 g/mol. The van der Waals surface area contributed by atoms with Gasteiger partial charge >= 0.3 is 0 Å². The van der Waals surface area contributed by atoms with Crippen molar-refractivity contribution in [1.29, 1.82) is 0 Å².